The quantitative estimate of drug-likeness (QED) is 0.417. The Morgan fingerprint density at radius 2 is 1.91 bits per heavy atom. The molecular weight excluding hydrogens is 278 g/mol. The highest BCUT2D eigenvalue weighted by molar-refractivity contribution is 5.79. The van der Waals surface area contributed by atoms with Crippen LogP contribution < -0.4 is 15.4 Å². The Hall–Kier alpha value is -1.75. The van der Waals surface area contributed by atoms with Crippen molar-refractivity contribution in [1.29, 1.82) is 0 Å². The van der Waals surface area contributed by atoms with Crippen LogP contribution in [0.3, 0.4) is 0 Å². The van der Waals surface area contributed by atoms with Crippen LogP contribution in [0.5, 0.6) is 5.75 Å². The Morgan fingerprint density at radius 3 is 2.50 bits per heavy atom. The number of hydrogen-bond acceptors (Lipinski definition) is 3. The molecule has 0 radical (unpaired) electrons. The van der Waals surface area contributed by atoms with E-state index in [0.717, 1.165) is 31.2 Å². The number of rotatable bonds is 9. The normalized spacial score (nSPS) is 11.6. The van der Waals surface area contributed by atoms with E-state index in [9.17, 15) is 0 Å². The molecule has 1 aromatic carbocycles. The number of ether oxygens (including phenoxy) is 2. The van der Waals surface area contributed by atoms with Crippen molar-refractivity contribution < 1.29 is 9.47 Å². The van der Waals surface area contributed by atoms with Crippen LogP contribution in [0.25, 0.3) is 0 Å². The monoisotopic (exact) mass is 307 g/mol. The average molecular weight is 307 g/mol. The molecule has 0 bridgehead atoms. The molecule has 1 aromatic rings. The lowest BCUT2D eigenvalue weighted by Gasteiger charge is -2.12. The van der Waals surface area contributed by atoms with Gasteiger partial charge in [-0.2, -0.15) is 0 Å². The largest absolute Gasteiger partial charge is 0.491 e. The van der Waals surface area contributed by atoms with E-state index in [0.29, 0.717) is 13.2 Å². The van der Waals surface area contributed by atoms with Crippen LogP contribution >= 0.6 is 0 Å². The second-order valence-electron chi connectivity index (χ2n) is 5.24. The number of methoxy groups -OCH3 is 1. The van der Waals surface area contributed by atoms with Gasteiger partial charge >= 0.3 is 0 Å². The summed E-state index contributed by atoms with van der Waals surface area (Å²) in [5.74, 6) is 1.75. The van der Waals surface area contributed by atoms with Gasteiger partial charge in [0.2, 0.25) is 0 Å². The summed E-state index contributed by atoms with van der Waals surface area (Å²) >= 11 is 0. The molecule has 5 nitrogen and oxygen atoms in total. The lowest BCUT2D eigenvalue weighted by Crippen LogP contribution is -2.38. The van der Waals surface area contributed by atoms with Gasteiger partial charge in [-0.3, -0.25) is 4.99 Å². The molecule has 0 aliphatic carbocycles. The smallest absolute Gasteiger partial charge is 0.191 e. The Bertz CT molecular complexity index is 430. The van der Waals surface area contributed by atoms with Gasteiger partial charge in [0.15, 0.2) is 5.96 Å². The Labute approximate surface area is 134 Å². The van der Waals surface area contributed by atoms with Crippen molar-refractivity contribution in [2.45, 2.75) is 33.3 Å². The van der Waals surface area contributed by atoms with E-state index < -0.39 is 0 Å². The van der Waals surface area contributed by atoms with Gasteiger partial charge in [0, 0.05) is 20.2 Å². The maximum absolute atomic E-state index is 5.64. The molecule has 0 spiro atoms. The van der Waals surface area contributed by atoms with Crippen molar-refractivity contribution in [2.75, 3.05) is 33.4 Å². The number of nitrogens with one attached hydrogen (secondary N) is 2. The van der Waals surface area contributed by atoms with Crippen LogP contribution in [0, 0.1) is 0 Å². The zero-order chi connectivity index (χ0) is 16.2. The molecule has 0 atom stereocenters. The van der Waals surface area contributed by atoms with Crippen LogP contribution in [-0.4, -0.2) is 45.4 Å². The van der Waals surface area contributed by atoms with Gasteiger partial charge < -0.3 is 20.1 Å². The molecule has 0 aromatic heterocycles. The van der Waals surface area contributed by atoms with Gasteiger partial charge in [0.25, 0.3) is 0 Å². The summed E-state index contributed by atoms with van der Waals surface area (Å²) in [4.78, 5) is 4.43. The van der Waals surface area contributed by atoms with Crippen molar-refractivity contribution >= 4 is 5.96 Å². The predicted molar refractivity (Wildman–Crippen MR) is 91.8 cm³/mol. The van der Waals surface area contributed by atoms with Crippen LogP contribution in [-0.2, 0) is 11.2 Å². The summed E-state index contributed by atoms with van der Waals surface area (Å²) in [6.45, 7) is 9.09. The van der Waals surface area contributed by atoms with Crippen molar-refractivity contribution in [3.8, 4) is 5.75 Å². The predicted octanol–water partition coefficient (Wildman–Crippen LogP) is 2.22. The minimum atomic E-state index is 0.207. The first-order valence-electron chi connectivity index (χ1n) is 7.92. The summed E-state index contributed by atoms with van der Waals surface area (Å²) in [5, 5.41) is 6.55. The third kappa shape index (κ3) is 7.88. The summed E-state index contributed by atoms with van der Waals surface area (Å²) in [6, 6.07) is 8.25. The Morgan fingerprint density at radius 1 is 1.18 bits per heavy atom. The molecule has 0 amide bonds. The first kappa shape index (κ1) is 18.3. The van der Waals surface area contributed by atoms with Crippen LogP contribution in [0.2, 0.25) is 0 Å². The highest BCUT2D eigenvalue weighted by Crippen LogP contribution is 2.13. The molecule has 2 N–H and O–H groups in total. The van der Waals surface area contributed by atoms with Crippen molar-refractivity contribution in [3.05, 3.63) is 29.8 Å². The lowest BCUT2D eigenvalue weighted by molar-refractivity contribution is 0.208. The van der Waals surface area contributed by atoms with Gasteiger partial charge in [-0.25, -0.2) is 0 Å². The number of hydrogen-bond donors (Lipinski definition) is 2. The van der Waals surface area contributed by atoms with Gasteiger partial charge in [-0.15, -0.1) is 0 Å². The molecule has 0 saturated carbocycles. The fourth-order valence-corrected chi connectivity index (χ4v) is 1.92. The zero-order valence-electron chi connectivity index (χ0n) is 14.2. The van der Waals surface area contributed by atoms with Crippen LogP contribution in [0.15, 0.2) is 29.3 Å². The van der Waals surface area contributed by atoms with E-state index in [1.807, 2.05) is 26.0 Å². The molecule has 0 aliphatic heterocycles. The van der Waals surface area contributed by atoms with E-state index >= 15 is 0 Å². The summed E-state index contributed by atoms with van der Waals surface area (Å²) in [6.07, 6.45) is 1.15. The second kappa shape index (κ2) is 10.9. The minimum absolute atomic E-state index is 0.207. The Balaban J connectivity index is 2.39. The molecule has 0 saturated heterocycles. The Kier molecular flexibility index (Phi) is 9.07. The number of guanidine groups is 1. The first-order chi connectivity index (χ1) is 10.7. The molecule has 1 rings (SSSR count). The molecule has 0 unspecified atom stereocenters. The summed E-state index contributed by atoms with van der Waals surface area (Å²) < 4.78 is 10.7. The topological polar surface area (TPSA) is 54.9 Å². The van der Waals surface area contributed by atoms with E-state index in [-0.39, 0.29) is 6.10 Å². The van der Waals surface area contributed by atoms with Gasteiger partial charge in [-0.1, -0.05) is 12.1 Å². The fraction of sp³-hybridized carbons (Fsp3) is 0.588. The molecule has 22 heavy (non-hydrogen) atoms. The summed E-state index contributed by atoms with van der Waals surface area (Å²) in [7, 11) is 1.68. The molecule has 5 heteroatoms. The number of nitrogens with zero attached hydrogens (tertiary/aromatic N) is 1. The standard InChI is InChI=1S/C17H29N3O2/c1-5-18-17(20-12-13-21-4)19-11-10-15-6-8-16(9-7-15)22-14(2)3/h6-9,14H,5,10-13H2,1-4H3,(H2,18,19,20). The third-order valence-electron chi connectivity index (χ3n) is 2.91. The summed E-state index contributed by atoms with van der Waals surface area (Å²) in [5.41, 5.74) is 1.27. The average Bonchev–Trinajstić information content (AvgIpc) is 2.49. The highest BCUT2D eigenvalue weighted by Gasteiger charge is 2.00. The van der Waals surface area contributed by atoms with E-state index in [2.05, 4.69) is 34.7 Å². The van der Waals surface area contributed by atoms with Gasteiger partial charge in [0.05, 0.1) is 19.3 Å². The van der Waals surface area contributed by atoms with E-state index in [1.165, 1.54) is 5.56 Å². The van der Waals surface area contributed by atoms with Crippen molar-refractivity contribution in [2.24, 2.45) is 4.99 Å². The zero-order valence-corrected chi connectivity index (χ0v) is 14.2. The molecule has 124 valence electrons. The number of aliphatic imine (C=N–C) groups is 1. The third-order valence-corrected chi connectivity index (χ3v) is 2.91. The molecular formula is C17H29N3O2. The van der Waals surface area contributed by atoms with Crippen LogP contribution in [0.4, 0.5) is 0 Å². The van der Waals surface area contributed by atoms with E-state index in [4.69, 9.17) is 9.47 Å². The SMILES string of the molecule is CCNC(=NCCOC)NCCc1ccc(OC(C)C)cc1. The van der Waals surface area contributed by atoms with Gasteiger partial charge in [0.1, 0.15) is 5.75 Å². The minimum Gasteiger partial charge on any atom is -0.491 e. The molecule has 0 heterocycles. The lowest BCUT2D eigenvalue weighted by atomic mass is 10.1. The maximum atomic E-state index is 5.64. The fourth-order valence-electron chi connectivity index (χ4n) is 1.92. The van der Waals surface area contributed by atoms with E-state index in [1.54, 1.807) is 7.11 Å². The van der Waals surface area contributed by atoms with Crippen LogP contribution in [0.1, 0.15) is 26.3 Å². The molecule has 0 aliphatic rings. The first-order valence-corrected chi connectivity index (χ1v) is 7.92. The highest BCUT2D eigenvalue weighted by atomic mass is 16.5. The number of benzene rings is 1. The maximum Gasteiger partial charge on any atom is 0.191 e. The molecule has 0 fully saturated rings. The van der Waals surface area contributed by atoms with Gasteiger partial charge in [-0.05, 0) is 44.9 Å². The van der Waals surface area contributed by atoms with Crippen molar-refractivity contribution in [3.63, 3.8) is 0 Å². The second-order valence-corrected chi connectivity index (χ2v) is 5.24. The van der Waals surface area contributed by atoms with Crippen molar-refractivity contribution in [1.82, 2.24) is 10.6 Å².